The molecule has 0 fully saturated rings. The number of carbonyl (C=O) groups excluding carboxylic acids is 1. The molecule has 17 heavy (non-hydrogen) atoms. The van der Waals surface area contributed by atoms with Crippen molar-refractivity contribution < 1.29 is 14.0 Å². The van der Waals surface area contributed by atoms with Crippen molar-refractivity contribution in [1.29, 1.82) is 0 Å². The number of ether oxygens (including phenoxy) is 1. The van der Waals surface area contributed by atoms with Gasteiger partial charge in [0.15, 0.2) is 8.32 Å². The van der Waals surface area contributed by atoms with E-state index in [1.807, 2.05) is 0 Å². The van der Waals surface area contributed by atoms with Crippen LogP contribution in [0.25, 0.3) is 0 Å². The number of hydrogen-bond acceptors (Lipinski definition) is 3. The van der Waals surface area contributed by atoms with Gasteiger partial charge in [-0.3, -0.25) is 0 Å². The SMILES string of the molecule is CC[Si](CC)(OC[C@@H]1C=CC(=O)O1)C(C)(C)C. The first-order chi connectivity index (χ1) is 7.84. The molecule has 0 aliphatic carbocycles. The van der Waals surface area contributed by atoms with Crippen molar-refractivity contribution in [2.24, 2.45) is 0 Å². The highest BCUT2D eigenvalue weighted by Gasteiger charge is 2.43. The second kappa shape index (κ2) is 5.36. The van der Waals surface area contributed by atoms with E-state index in [0.717, 1.165) is 12.1 Å². The van der Waals surface area contributed by atoms with E-state index in [0.29, 0.717) is 6.61 Å². The third-order valence-corrected chi connectivity index (χ3v) is 9.48. The van der Waals surface area contributed by atoms with E-state index in [1.54, 1.807) is 6.08 Å². The van der Waals surface area contributed by atoms with Gasteiger partial charge in [-0.25, -0.2) is 4.79 Å². The first kappa shape index (κ1) is 14.4. The maximum absolute atomic E-state index is 11.0. The fraction of sp³-hybridized carbons (Fsp3) is 0.769. The summed E-state index contributed by atoms with van der Waals surface area (Å²) in [6, 6.07) is 2.19. The van der Waals surface area contributed by atoms with Gasteiger partial charge in [0.1, 0.15) is 6.10 Å². The molecule has 0 saturated heterocycles. The Kier molecular flexibility index (Phi) is 4.55. The van der Waals surface area contributed by atoms with Crippen molar-refractivity contribution in [3.8, 4) is 0 Å². The van der Waals surface area contributed by atoms with E-state index >= 15 is 0 Å². The highest BCUT2D eigenvalue weighted by molar-refractivity contribution is 6.76. The van der Waals surface area contributed by atoms with Crippen LogP contribution in [-0.2, 0) is 14.0 Å². The van der Waals surface area contributed by atoms with E-state index in [4.69, 9.17) is 9.16 Å². The predicted molar refractivity (Wildman–Crippen MR) is 71.4 cm³/mol. The minimum absolute atomic E-state index is 0.185. The molecule has 0 unspecified atom stereocenters. The summed E-state index contributed by atoms with van der Waals surface area (Å²) < 4.78 is 11.3. The van der Waals surface area contributed by atoms with Gasteiger partial charge < -0.3 is 9.16 Å². The van der Waals surface area contributed by atoms with Gasteiger partial charge in [-0.2, -0.15) is 0 Å². The van der Waals surface area contributed by atoms with Crippen LogP contribution in [0.3, 0.4) is 0 Å². The molecule has 0 amide bonds. The monoisotopic (exact) mass is 256 g/mol. The number of hydrogen-bond donors (Lipinski definition) is 0. The fourth-order valence-corrected chi connectivity index (χ4v) is 6.42. The maximum atomic E-state index is 11.0. The largest absolute Gasteiger partial charge is 0.453 e. The van der Waals surface area contributed by atoms with Gasteiger partial charge >= 0.3 is 5.97 Å². The van der Waals surface area contributed by atoms with Gasteiger partial charge in [0.2, 0.25) is 0 Å². The average molecular weight is 256 g/mol. The Labute approximate surface area is 105 Å². The highest BCUT2D eigenvalue weighted by Crippen LogP contribution is 2.42. The summed E-state index contributed by atoms with van der Waals surface area (Å²) in [7, 11) is -1.76. The van der Waals surface area contributed by atoms with Crippen LogP contribution in [0.2, 0.25) is 17.1 Å². The number of rotatable bonds is 5. The Balaban J connectivity index is 2.62. The van der Waals surface area contributed by atoms with E-state index < -0.39 is 8.32 Å². The van der Waals surface area contributed by atoms with Crippen molar-refractivity contribution in [1.82, 2.24) is 0 Å². The first-order valence-corrected chi connectivity index (χ1v) is 8.69. The Morgan fingerprint density at radius 1 is 1.35 bits per heavy atom. The Bertz CT molecular complexity index is 300. The summed E-state index contributed by atoms with van der Waals surface area (Å²) in [5, 5.41) is 0.211. The topological polar surface area (TPSA) is 35.5 Å². The zero-order chi connectivity index (χ0) is 13.1. The molecular formula is C13H24O3Si. The zero-order valence-corrected chi connectivity index (χ0v) is 12.6. The molecule has 1 heterocycles. The summed E-state index contributed by atoms with van der Waals surface area (Å²) in [5.41, 5.74) is 0. The summed E-state index contributed by atoms with van der Waals surface area (Å²) in [5.74, 6) is -0.255. The van der Waals surface area contributed by atoms with Gasteiger partial charge in [-0.05, 0) is 23.2 Å². The third kappa shape index (κ3) is 3.19. The van der Waals surface area contributed by atoms with Crippen LogP contribution >= 0.6 is 0 Å². The summed E-state index contributed by atoms with van der Waals surface area (Å²) in [4.78, 5) is 11.0. The van der Waals surface area contributed by atoms with E-state index in [-0.39, 0.29) is 17.1 Å². The molecule has 4 heteroatoms. The van der Waals surface area contributed by atoms with Crippen molar-refractivity contribution in [3.63, 3.8) is 0 Å². The van der Waals surface area contributed by atoms with Gasteiger partial charge in [0, 0.05) is 6.08 Å². The lowest BCUT2D eigenvalue weighted by molar-refractivity contribution is -0.139. The second-order valence-corrected chi connectivity index (χ2v) is 10.8. The van der Waals surface area contributed by atoms with Crippen LogP contribution in [0.15, 0.2) is 12.2 Å². The van der Waals surface area contributed by atoms with Crippen molar-refractivity contribution in [2.75, 3.05) is 6.61 Å². The van der Waals surface area contributed by atoms with Crippen LogP contribution in [0.5, 0.6) is 0 Å². The molecule has 1 aliphatic rings. The third-order valence-electron chi connectivity index (χ3n) is 3.75. The molecule has 0 aromatic heterocycles. The number of esters is 1. The van der Waals surface area contributed by atoms with Crippen LogP contribution in [0, 0.1) is 0 Å². The number of carbonyl (C=O) groups is 1. The smallest absolute Gasteiger partial charge is 0.331 e. The fourth-order valence-electron chi connectivity index (χ4n) is 2.48. The van der Waals surface area contributed by atoms with Gasteiger partial charge in [-0.15, -0.1) is 0 Å². The minimum Gasteiger partial charge on any atom is -0.453 e. The molecule has 98 valence electrons. The molecule has 0 aromatic rings. The lowest BCUT2D eigenvalue weighted by Crippen LogP contribution is -2.47. The van der Waals surface area contributed by atoms with E-state index in [1.165, 1.54) is 6.08 Å². The molecule has 0 bridgehead atoms. The lowest BCUT2D eigenvalue weighted by atomic mass is 10.2. The molecule has 0 spiro atoms. The van der Waals surface area contributed by atoms with Crippen molar-refractivity contribution >= 4 is 14.3 Å². The Morgan fingerprint density at radius 3 is 2.29 bits per heavy atom. The van der Waals surface area contributed by atoms with Crippen molar-refractivity contribution in [3.05, 3.63) is 12.2 Å². The normalized spacial score (nSPS) is 20.8. The standard InChI is InChI=1S/C13H24O3Si/c1-6-17(7-2,13(3,4)5)15-10-11-8-9-12(14)16-11/h8-9,11H,6-7,10H2,1-5H3/t11-/m0/s1. The number of cyclic esters (lactones) is 1. The quantitative estimate of drug-likeness (QED) is 0.559. The van der Waals surface area contributed by atoms with Crippen molar-refractivity contribution in [2.45, 2.75) is 57.8 Å². The molecule has 0 saturated carbocycles. The molecule has 1 rings (SSSR count). The Hall–Kier alpha value is -0.613. The predicted octanol–water partition coefficient (Wildman–Crippen LogP) is 3.27. The second-order valence-electron chi connectivity index (χ2n) is 5.60. The molecule has 0 aromatic carbocycles. The van der Waals surface area contributed by atoms with Gasteiger partial charge in [-0.1, -0.05) is 34.6 Å². The minimum atomic E-state index is -1.76. The summed E-state index contributed by atoms with van der Waals surface area (Å²) in [6.07, 6.45) is 3.08. The van der Waals surface area contributed by atoms with E-state index in [9.17, 15) is 4.79 Å². The first-order valence-electron chi connectivity index (χ1n) is 6.37. The maximum Gasteiger partial charge on any atom is 0.331 e. The molecule has 1 atom stereocenters. The Morgan fingerprint density at radius 2 is 1.94 bits per heavy atom. The average Bonchev–Trinajstić information content (AvgIpc) is 2.64. The lowest BCUT2D eigenvalue weighted by Gasteiger charge is -2.41. The molecule has 1 aliphatic heterocycles. The molecule has 3 nitrogen and oxygen atoms in total. The van der Waals surface area contributed by atoms with E-state index in [2.05, 4.69) is 34.6 Å². The summed E-state index contributed by atoms with van der Waals surface area (Å²) >= 11 is 0. The van der Waals surface area contributed by atoms with Crippen LogP contribution in [0.4, 0.5) is 0 Å². The van der Waals surface area contributed by atoms with Crippen LogP contribution < -0.4 is 0 Å². The van der Waals surface area contributed by atoms with Gasteiger partial charge in [0.25, 0.3) is 0 Å². The highest BCUT2D eigenvalue weighted by atomic mass is 28.4. The van der Waals surface area contributed by atoms with Crippen LogP contribution in [-0.4, -0.2) is 27.0 Å². The van der Waals surface area contributed by atoms with Crippen LogP contribution in [0.1, 0.15) is 34.6 Å². The molecule has 0 radical (unpaired) electrons. The molecular weight excluding hydrogens is 232 g/mol. The molecule has 0 N–H and O–H groups in total. The summed E-state index contributed by atoms with van der Waals surface area (Å²) in [6.45, 7) is 11.7. The zero-order valence-electron chi connectivity index (χ0n) is 11.6. The van der Waals surface area contributed by atoms with Gasteiger partial charge in [0.05, 0.1) is 6.61 Å².